The van der Waals surface area contributed by atoms with Crippen molar-refractivity contribution in [3.05, 3.63) is 60.2 Å². The maximum atomic E-state index is 5.23. The highest BCUT2D eigenvalue weighted by Crippen LogP contribution is 2.19. The third kappa shape index (κ3) is 5.26. The minimum absolute atomic E-state index is 0.392. The Kier molecular flexibility index (Phi) is 5.22. The van der Waals surface area contributed by atoms with E-state index in [0.29, 0.717) is 12.2 Å². The number of benzene rings is 2. The van der Waals surface area contributed by atoms with E-state index in [1.54, 1.807) is 0 Å². The van der Waals surface area contributed by atoms with Crippen molar-refractivity contribution in [3.8, 4) is 11.1 Å². The minimum atomic E-state index is 0.392. The van der Waals surface area contributed by atoms with Gasteiger partial charge in [0, 0.05) is 0 Å². The Labute approximate surface area is 131 Å². The van der Waals surface area contributed by atoms with Gasteiger partial charge in [0.2, 0.25) is 0 Å². The lowest BCUT2D eigenvalue weighted by Gasteiger charge is -2.01. The highest BCUT2D eigenvalue weighted by Gasteiger charge is 2.26. The number of hydrogen-bond donors (Lipinski definition) is 0. The second-order valence-corrected chi connectivity index (χ2v) is 5.68. The van der Waals surface area contributed by atoms with E-state index in [0.717, 1.165) is 26.4 Å². The van der Waals surface area contributed by atoms with Gasteiger partial charge in [-0.1, -0.05) is 60.2 Å². The van der Waals surface area contributed by atoms with Crippen LogP contribution >= 0.6 is 0 Å². The molecule has 2 aromatic carbocycles. The largest absolute Gasteiger partial charge is 0.376 e. The Balaban J connectivity index is 0.000000139. The zero-order valence-electron chi connectivity index (χ0n) is 12.9. The Morgan fingerprint density at radius 1 is 0.864 bits per heavy atom. The fourth-order valence-corrected chi connectivity index (χ4v) is 2.11. The number of hydrogen-bond acceptors (Lipinski definition) is 3. The van der Waals surface area contributed by atoms with Crippen LogP contribution in [-0.4, -0.2) is 38.6 Å². The maximum absolute atomic E-state index is 5.23. The average Bonchev–Trinajstić information content (AvgIpc) is 3.44. The van der Waals surface area contributed by atoms with Crippen LogP contribution in [0.15, 0.2) is 54.6 Å². The van der Waals surface area contributed by atoms with Gasteiger partial charge < -0.3 is 14.2 Å². The van der Waals surface area contributed by atoms with Crippen molar-refractivity contribution in [1.29, 1.82) is 0 Å². The summed E-state index contributed by atoms with van der Waals surface area (Å²) in [4.78, 5) is 0. The molecule has 2 heterocycles. The van der Waals surface area contributed by atoms with Gasteiger partial charge in [-0.05, 0) is 18.1 Å². The lowest BCUT2D eigenvalue weighted by atomic mass is 10.0. The van der Waals surface area contributed by atoms with Gasteiger partial charge in [-0.25, -0.2) is 0 Å². The molecule has 2 atom stereocenters. The first kappa shape index (κ1) is 15.2. The van der Waals surface area contributed by atoms with Crippen LogP contribution in [0.5, 0.6) is 0 Å². The van der Waals surface area contributed by atoms with Gasteiger partial charge in [-0.2, -0.15) is 0 Å². The molecule has 2 aliphatic rings. The van der Waals surface area contributed by atoms with Crippen molar-refractivity contribution in [2.24, 2.45) is 0 Å². The molecule has 2 saturated heterocycles. The number of epoxide rings is 2. The topological polar surface area (TPSA) is 34.3 Å². The molecule has 0 amide bonds. The van der Waals surface area contributed by atoms with Crippen LogP contribution in [0.2, 0.25) is 0 Å². The molecule has 0 spiro atoms. The van der Waals surface area contributed by atoms with Crippen LogP contribution in [0.25, 0.3) is 11.1 Å². The predicted molar refractivity (Wildman–Crippen MR) is 86.9 cm³/mol. The summed E-state index contributed by atoms with van der Waals surface area (Å²) in [6, 6.07) is 19.0. The van der Waals surface area contributed by atoms with Crippen molar-refractivity contribution in [3.63, 3.8) is 0 Å². The Bertz CT molecular complexity index is 562. The molecule has 22 heavy (non-hydrogen) atoms. The summed E-state index contributed by atoms with van der Waals surface area (Å²) in [6.45, 7) is 5.38. The maximum Gasteiger partial charge on any atom is 0.104 e. The monoisotopic (exact) mass is 298 g/mol. The van der Waals surface area contributed by atoms with Gasteiger partial charge in [0.25, 0.3) is 0 Å². The standard InChI is InChI=1S/C13H12.C6H10O3/c1-11-6-5-9-13(10-11)12-7-3-2-4-8-12;1(5-3-8-5)7-2-6-4-9-6/h2-10H,1H3;5-6H,1-4H2. The summed E-state index contributed by atoms with van der Waals surface area (Å²) in [5.41, 5.74) is 3.88. The number of ether oxygens (including phenoxy) is 3. The van der Waals surface area contributed by atoms with Gasteiger partial charge in [0.1, 0.15) is 12.2 Å². The second kappa shape index (κ2) is 7.54. The van der Waals surface area contributed by atoms with E-state index in [9.17, 15) is 0 Å². The summed E-state index contributed by atoms with van der Waals surface area (Å²) in [5, 5.41) is 0. The van der Waals surface area contributed by atoms with Crippen LogP contribution in [0.4, 0.5) is 0 Å². The fraction of sp³-hybridized carbons (Fsp3) is 0.368. The van der Waals surface area contributed by atoms with Crippen molar-refractivity contribution in [2.45, 2.75) is 19.1 Å². The quantitative estimate of drug-likeness (QED) is 0.793. The Morgan fingerprint density at radius 2 is 1.45 bits per heavy atom. The molecule has 3 nitrogen and oxygen atoms in total. The van der Waals surface area contributed by atoms with E-state index >= 15 is 0 Å². The fourth-order valence-electron chi connectivity index (χ4n) is 2.11. The molecule has 0 aliphatic carbocycles. The second-order valence-electron chi connectivity index (χ2n) is 5.68. The molecule has 0 saturated carbocycles. The van der Waals surface area contributed by atoms with Crippen LogP contribution in [0, 0.1) is 6.92 Å². The molecule has 3 heteroatoms. The first-order chi connectivity index (χ1) is 10.8. The van der Waals surface area contributed by atoms with Gasteiger partial charge in [-0.15, -0.1) is 0 Å². The van der Waals surface area contributed by atoms with Crippen LogP contribution in [0.3, 0.4) is 0 Å². The molecular weight excluding hydrogens is 276 g/mol. The lowest BCUT2D eigenvalue weighted by molar-refractivity contribution is 0.102. The smallest absolute Gasteiger partial charge is 0.104 e. The van der Waals surface area contributed by atoms with Gasteiger partial charge >= 0.3 is 0 Å². The van der Waals surface area contributed by atoms with E-state index in [1.165, 1.54) is 16.7 Å². The summed E-state index contributed by atoms with van der Waals surface area (Å²) >= 11 is 0. The van der Waals surface area contributed by atoms with Crippen LogP contribution < -0.4 is 0 Å². The van der Waals surface area contributed by atoms with Gasteiger partial charge in [-0.3, -0.25) is 0 Å². The van der Waals surface area contributed by atoms with Gasteiger partial charge in [0.15, 0.2) is 0 Å². The molecular formula is C19H22O3. The van der Waals surface area contributed by atoms with Crippen molar-refractivity contribution in [1.82, 2.24) is 0 Å². The van der Waals surface area contributed by atoms with E-state index in [-0.39, 0.29) is 0 Å². The zero-order valence-corrected chi connectivity index (χ0v) is 12.9. The number of aryl methyl sites for hydroxylation is 1. The first-order valence-electron chi connectivity index (χ1n) is 7.74. The van der Waals surface area contributed by atoms with Crippen LogP contribution in [-0.2, 0) is 14.2 Å². The summed E-state index contributed by atoms with van der Waals surface area (Å²) in [5.74, 6) is 0. The van der Waals surface area contributed by atoms with E-state index in [4.69, 9.17) is 14.2 Å². The number of rotatable bonds is 5. The van der Waals surface area contributed by atoms with E-state index in [1.807, 2.05) is 6.07 Å². The third-order valence-corrected chi connectivity index (χ3v) is 3.54. The zero-order chi connectivity index (χ0) is 15.2. The SMILES string of the molecule is C(OCC1CO1)C1CO1.Cc1cccc(-c2ccccc2)c1. The summed E-state index contributed by atoms with van der Waals surface area (Å²) in [7, 11) is 0. The van der Waals surface area contributed by atoms with Crippen LogP contribution in [0.1, 0.15) is 5.56 Å². The van der Waals surface area contributed by atoms with Crippen molar-refractivity contribution >= 4 is 0 Å². The summed E-state index contributed by atoms with van der Waals surface area (Å²) < 4.78 is 15.1. The highest BCUT2D eigenvalue weighted by atomic mass is 16.6. The third-order valence-electron chi connectivity index (χ3n) is 3.54. The lowest BCUT2D eigenvalue weighted by Crippen LogP contribution is -2.06. The molecule has 2 aromatic rings. The molecule has 4 rings (SSSR count). The highest BCUT2D eigenvalue weighted by molar-refractivity contribution is 5.63. The van der Waals surface area contributed by atoms with Crippen molar-refractivity contribution in [2.75, 3.05) is 26.4 Å². The molecule has 116 valence electrons. The van der Waals surface area contributed by atoms with E-state index < -0.39 is 0 Å². The predicted octanol–water partition coefficient (Wildman–Crippen LogP) is 3.46. The Hall–Kier alpha value is -1.68. The molecule has 2 aliphatic heterocycles. The van der Waals surface area contributed by atoms with Crippen molar-refractivity contribution < 1.29 is 14.2 Å². The molecule has 0 radical (unpaired) electrons. The minimum Gasteiger partial charge on any atom is -0.376 e. The van der Waals surface area contributed by atoms with E-state index in [2.05, 4.69) is 55.5 Å². The first-order valence-corrected chi connectivity index (χ1v) is 7.74. The summed E-state index contributed by atoms with van der Waals surface area (Å²) in [6.07, 6.45) is 0.785. The molecule has 0 aromatic heterocycles. The molecule has 0 bridgehead atoms. The average molecular weight is 298 g/mol. The van der Waals surface area contributed by atoms with Gasteiger partial charge in [0.05, 0.1) is 26.4 Å². The molecule has 2 unspecified atom stereocenters. The molecule has 2 fully saturated rings. The Morgan fingerprint density at radius 3 is 2.00 bits per heavy atom. The molecule has 0 N–H and O–H groups in total. The normalized spacial score (nSPS) is 21.7.